The van der Waals surface area contributed by atoms with E-state index in [-0.39, 0.29) is 5.56 Å². The predicted octanol–water partition coefficient (Wildman–Crippen LogP) is 3.18. The van der Waals surface area contributed by atoms with Crippen LogP contribution in [0.25, 0.3) is 0 Å². The first-order valence-electron chi connectivity index (χ1n) is 6.08. The van der Waals surface area contributed by atoms with Gasteiger partial charge in [0.2, 0.25) is 0 Å². The molecule has 2 aromatic carbocycles. The summed E-state index contributed by atoms with van der Waals surface area (Å²) in [7, 11) is 0. The third kappa shape index (κ3) is 3.52. The molecule has 0 radical (unpaired) electrons. The van der Waals surface area contributed by atoms with E-state index >= 15 is 0 Å². The molecule has 4 N–H and O–H groups in total. The van der Waals surface area contributed by atoms with Gasteiger partial charge in [0.15, 0.2) is 0 Å². The molecule has 0 aromatic heterocycles. The van der Waals surface area contributed by atoms with Gasteiger partial charge in [-0.05, 0) is 42.8 Å². The van der Waals surface area contributed by atoms with Crippen LogP contribution in [0.5, 0.6) is 0 Å². The Bertz CT molecular complexity index is 709. The smallest absolute Gasteiger partial charge is 0.335 e. The molecule has 6 heteroatoms. The van der Waals surface area contributed by atoms with Crippen LogP contribution in [0.2, 0.25) is 5.02 Å². The van der Waals surface area contributed by atoms with Crippen molar-refractivity contribution >= 4 is 34.9 Å². The molecule has 0 saturated carbocycles. The Kier molecular flexibility index (Phi) is 4.14. The maximum Gasteiger partial charge on any atom is 0.335 e. The summed E-state index contributed by atoms with van der Waals surface area (Å²) < 4.78 is 0. The molecule has 0 saturated heterocycles. The number of hydrogen-bond acceptors (Lipinski definition) is 3. The van der Waals surface area contributed by atoms with Crippen LogP contribution in [-0.4, -0.2) is 17.0 Å². The Hall–Kier alpha value is -2.53. The summed E-state index contributed by atoms with van der Waals surface area (Å²) in [5.41, 5.74) is 7.61. The molecule has 2 rings (SSSR count). The normalized spacial score (nSPS) is 10.2. The lowest BCUT2D eigenvalue weighted by molar-refractivity contribution is 0.0696. The first-order valence-corrected chi connectivity index (χ1v) is 6.46. The summed E-state index contributed by atoms with van der Waals surface area (Å²) in [5, 5.41) is 12.0. The van der Waals surface area contributed by atoms with E-state index in [0.29, 0.717) is 22.0 Å². The van der Waals surface area contributed by atoms with Gasteiger partial charge < -0.3 is 16.2 Å². The molecule has 21 heavy (non-hydrogen) atoms. The summed E-state index contributed by atoms with van der Waals surface area (Å²) in [6.45, 7) is 1.77. The molecular formula is C15H13ClN2O3. The fourth-order valence-corrected chi connectivity index (χ4v) is 2.07. The zero-order valence-corrected chi connectivity index (χ0v) is 11.9. The van der Waals surface area contributed by atoms with Crippen molar-refractivity contribution in [2.75, 3.05) is 11.1 Å². The number of halogens is 1. The van der Waals surface area contributed by atoms with Crippen molar-refractivity contribution in [3.8, 4) is 0 Å². The maximum absolute atomic E-state index is 12.2. The van der Waals surface area contributed by atoms with Crippen LogP contribution in [0.15, 0.2) is 36.4 Å². The molecule has 0 unspecified atom stereocenters. The van der Waals surface area contributed by atoms with Crippen molar-refractivity contribution in [3.63, 3.8) is 0 Å². The molecule has 0 fully saturated rings. The molecule has 1 amide bonds. The van der Waals surface area contributed by atoms with E-state index < -0.39 is 11.9 Å². The number of carboxylic acids is 1. The van der Waals surface area contributed by atoms with Gasteiger partial charge in [-0.15, -0.1) is 0 Å². The van der Waals surface area contributed by atoms with Crippen LogP contribution in [0.4, 0.5) is 11.4 Å². The number of aryl methyl sites for hydroxylation is 1. The SMILES string of the molecule is Cc1ccc(C(=O)O)cc1NC(=O)c1cc(N)cc(Cl)c1. The molecule has 108 valence electrons. The zero-order valence-electron chi connectivity index (χ0n) is 11.2. The third-order valence-electron chi connectivity index (χ3n) is 2.92. The minimum atomic E-state index is -1.06. The second-order valence-corrected chi connectivity index (χ2v) is 5.00. The molecule has 0 heterocycles. The van der Waals surface area contributed by atoms with Gasteiger partial charge in [0.25, 0.3) is 5.91 Å². The lowest BCUT2D eigenvalue weighted by Gasteiger charge is -2.10. The van der Waals surface area contributed by atoms with Crippen LogP contribution >= 0.6 is 11.6 Å². The number of aromatic carboxylic acids is 1. The van der Waals surface area contributed by atoms with Gasteiger partial charge >= 0.3 is 5.97 Å². The summed E-state index contributed by atoms with van der Waals surface area (Å²) >= 11 is 5.86. The van der Waals surface area contributed by atoms with Crippen LogP contribution in [0.1, 0.15) is 26.3 Å². The molecule has 5 nitrogen and oxygen atoms in total. The first kappa shape index (κ1) is 14.9. The van der Waals surface area contributed by atoms with E-state index in [9.17, 15) is 9.59 Å². The Balaban J connectivity index is 2.31. The number of rotatable bonds is 3. The van der Waals surface area contributed by atoms with E-state index in [1.165, 1.54) is 30.3 Å². The molecule has 0 spiro atoms. The predicted molar refractivity (Wildman–Crippen MR) is 82.0 cm³/mol. The fraction of sp³-hybridized carbons (Fsp3) is 0.0667. The van der Waals surface area contributed by atoms with Crippen LogP contribution in [-0.2, 0) is 0 Å². The highest BCUT2D eigenvalue weighted by Gasteiger charge is 2.11. The van der Waals surface area contributed by atoms with Crippen molar-refractivity contribution in [2.24, 2.45) is 0 Å². The lowest BCUT2D eigenvalue weighted by atomic mass is 10.1. The number of nitrogens with one attached hydrogen (secondary N) is 1. The number of carbonyl (C=O) groups excluding carboxylic acids is 1. The average Bonchev–Trinajstić information content (AvgIpc) is 2.39. The third-order valence-corrected chi connectivity index (χ3v) is 3.13. The van der Waals surface area contributed by atoms with E-state index in [2.05, 4.69) is 5.32 Å². The summed E-state index contributed by atoms with van der Waals surface area (Å²) in [6, 6.07) is 9.04. The average molecular weight is 305 g/mol. The van der Waals surface area contributed by atoms with E-state index in [1.807, 2.05) is 0 Å². The highest BCUT2D eigenvalue weighted by Crippen LogP contribution is 2.20. The van der Waals surface area contributed by atoms with Gasteiger partial charge in [0.05, 0.1) is 5.56 Å². The highest BCUT2D eigenvalue weighted by molar-refractivity contribution is 6.31. The number of anilines is 2. The van der Waals surface area contributed by atoms with E-state index in [1.54, 1.807) is 13.0 Å². The molecule has 0 bridgehead atoms. The minimum Gasteiger partial charge on any atom is -0.478 e. The number of benzene rings is 2. The first-order chi connectivity index (χ1) is 9.86. The Morgan fingerprint density at radius 3 is 2.48 bits per heavy atom. The van der Waals surface area contributed by atoms with Crippen molar-refractivity contribution in [1.82, 2.24) is 0 Å². The monoisotopic (exact) mass is 304 g/mol. The number of carbonyl (C=O) groups is 2. The van der Waals surface area contributed by atoms with Crippen LogP contribution in [0, 0.1) is 6.92 Å². The van der Waals surface area contributed by atoms with Gasteiger partial charge in [-0.3, -0.25) is 4.79 Å². The summed E-state index contributed by atoms with van der Waals surface area (Å²) in [5.74, 6) is -1.47. The second-order valence-electron chi connectivity index (χ2n) is 4.56. The van der Waals surface area contributed by atoms with Crippen LogP contribution < -0.4 is 11.1 Å². The van der Waals surface area contributed by atoms with Crippen LogP contribution in [0.3, 0.4) is 0 Å². The molecule has 0 aliphatic heterocycles. The van der Waals surface area contributed by atoms with Crippen molar-refractivity contribution in [3.05, 3.63) is 58.1 Å². The van der Waals surface area contributed by atoms with E-state index in [0.717, 1.165) is 5.56 Å². The molecule has 0 aliphatic rings. The zero-order chi connectivity index (χ0) is 15.6. The lowest BCUT2D eigenvalue weighted by Crippen LogP contribution is -2.13. The number of carboxylic acid groups (broad SMARTS) is 1. The number of nitrogens with two attached hydrogens (primary N) is 1. The van der Waals surface area contributed by atoms with Gasteiger partial charge in [-0.2, -0.15) is 0 Å². The fourth-order valence-electron chi connectivity index (χ4n) is 1.83. The summed E-state index contributed by atoms with van der Waals surface area (Å²) in [4.78, 5) is 23.1. The standard InChI is InChI=1S/C15H13ClN2O3/c1-8-2-3-9(15(20)21)6-13(8)18-14(19)10-4-11(16)7-12(17)5-10/h2-7H,17H2,1H3,(H,18,19)(H,20,21). The molecule has 0 atom stereocenters. The van der Waals surface area contributed by atoms with Gasteiger partial charge in [-0.25, -0.2) is 4.79 Å². The molecule has 2 aromatic rings. The summed E-state index contributed by atoms with van der Waals surface area (Å²) in [6.07, 6.45) is 0. The van der Waals surface area contributed by atoms with Gasteiger partial charge in [0, 0.05) is 22.0 Å². The Morgan fingerprint density at radius 1 is 1.14 bits per heavy atom. The number of nitrogen functional groups attached to an aromatic ring is 1. The van der Waals surface area contributed by atoms with Crippen molar-refractivity contribution in [2.45, 2.75) is 6.92 Å². The number of hydrogen-bond donors (Lipinski definition) is 3. The Labute approximate surface area is 126 Å². The topological polar surface area (TPSA) is 92.4 Å². The highest BCUT2D eigenvalue weighted by atomic mass is 35.5. The quantitative estimate of drug-likeness (QED) is 0.759. The molecule has 0 aliphatic carbocycles. The van der Waals surface area contributed by atoms with Crippen molar-refractivity contribution in [1.29, 1.82) is 0 Å². The molecular weight excluding hydrogens is 292 g/mol. The van der Waals surface area contributed by atoms with Gasteiger partial charge in [0.1, 0.15) is 0 Å². The Morgan fingerprint density at radius 2 is 1.86 bits per heavy atom. The largest absolute Gasteiger partial charge is 0.478 e. The van der Waals surface area contributed by atoms with Crippen molar-refractivity contribution < 1.29 is 14.7 Å². The van der Waals surface area contributed by atoms with Gasteiger partial charge in [-0.1, -0.05) is 17.7 Å². The maximum atomic E-state index is 12.2. The number of amides is 1. The van der Waals surface area contributed by atoms with E-state index in [4.69, 9.17) is 22.4 Å². The minimum absolute atomic E-state index is 0.0986. The second kappa shape index (κ2) is 5.85.